The fraction of sp³-hybridized carbons (Fsp3) is 0.533. The van der Waals surface area contributed by atoms with Crippen molar-refractivity contribution in [2.75, 3.05) is 18.2 Å². The van der Waals surface area contributed by atoms with E-state index in [2.05, 4.69) is 10.6 Å². The van der Waals surface area contributed by atoms with Crippen molar-refractivity contribution in [2.24, 2.45) is 5.92 Å². The highest BCUT2D eigenvalue weighted by Crippen LogP contribution is 2.17. The van der Waals surface area contributed by atoms with Crippen LogP contribution >= 0.6 is 0 Å². The van der Waals surface area contributed by atoms with Crippen LogP contribution in [0.25, 0.3) is 0 Å². The van der Waals surface area contributed by atoms with Crippen molar-refractivity contribution in [1.29, 1.82) is 0 Å². The predicted octanol–water partition coefficient (Wildman–Crippen LogP) is 1.76. The van der Waals surface area contributed by atoms with Crippen LogP contribution < -0.4 is 10.6 Å². The monoisotopic (exact) mass is 328 g/mol. The first-order chi connectivity index (χ1) is 10.2. The first-order valence-electron chi connectivity index (χ1n) is 7.15. The maximum Gasteiger partial charge on any atom is 0.319 e. The summed E-state index contributed by atoms with van der Waals surface area (Å²) in [5.41, 5.74) is 0.983. The number of hydrogen-bond acceptors (Lipinski definition) is 4. The summed E-state index contributed by atoms with van der Waals surface area (Å²) in [4.78, 5) is 12.0. The van der Waals surface area contributed by atoms with Crippen molar-refractivity contribution in [1.82, 2.24) is 5.32 Å². The maximum absolute atomic E-state index is 12.0. The first kappa shape index (κ1) is 18.4. The van der Waals surface area contributed by atoms with E-state index in [9.17, 15) is 18.3 Å². The van der Waals surface area contributed by atoms with Crippen molar-refractivity contribution < 1.29 is 18.3 Å². The van der Waals surface area contributed by atoms with Gasteiger partial charge in [-0.05, 0) is 24.0 Å². The molecular formula is C15H24N2O4S. The summed E-state index contributed by atoms with van der Waals surface area (Å²) in [7, 11) is -3.19. The molecule has 3 N–H and O–H groups in total. The second-order valence-electron chi connectivity index (χ2n) is 5.83. The standard InChI is InChI=1S/C15H24N2O4S/c1-11(2)8-13(9-18)16-15(19)17-14-7-5-4-6-12(14)10-22(3,20)21/h4-7,11,13,18H,8-10H2,1-3H3,(H2,16,17,19). The molecule has 0 spiro atoms. The molecule has 22 heavy (non-hydrogen) atoms. The van der Waals surface area contributed by atoms with Gasteiger partial charge < -0.3 is 15.7 Å². The van der Waals surface area contributed by atoms with Gasteiger partial charge in [-0.3, -0.25) is 0 Å². The van der Waals surface area contributed by atoms with E-state index in [1.165, 1.54) is 0 Å². The number of sulfone groups is 1. The van der Waals surface area contributed by atoms with E-state index in [0.29, 0.717) is 23.6 Å². The lowest BCUT2D eigenvalue weighted by Crippen LogP contribution is -2.41. The molecule has 0 aliphatic rings. The molecule has 1 unspecified atom stereocenters. The lowest BCUT2D eigenvalue weighted by molar-refractivity contribution is 0.214. The van der Waals surface area contributed by atoms with E-state index < -0.39 is 15.9 Å². The number of nitrogens with one attached hydrogen (secondary N) is 2. The molecule has 1 aromatic rings. The number of aliphatic hydroxyl groups is 1. The molecule has 1 atom stereocenters. The quantitative estimate of drug-likeness (QED) is 0.710. The van der Waals surface area contributed by atoms with Gasteiger partial charge in [-0.1, -0.05) is 32.0 Å². The Kier molecular flexibility index (Phi) is 6.83. The van der Waals surface area contributed by atoms with Gasteiger partial charge in [-0.2, -0.15) is 0 Å². The van der Waals surface area contributed by atoms with Gasteiger partial charge in [0, 0.05) is 11.9 Å². The number of anilines is 1. The van der Waals surface area contributed by atoms with Crippen molar-refractivity contribution in [3.63, 3.8) is 0 Å². The normalized spacial score (nSPS) is 13.0. The average molecular weight is 328 g/mol. The van der Waals surface area contributed by atoms with Crippen molar-refractivity contribution in [3.8, 4) is 0 Å². The van der Waals surface area contributed by atoms with Gasteiger partial charge in [0.25, 0.3) is 0 Å². The van der Waals surface area contributed by atoms with Crippen molar-refractivity contribution in [3.05, 3.63) is 29.8 Å². The van der Waals surface area contributed by atoms with Gasteiger partial charge in [0.15, 0.2) is 9.84 Å². The Bertz CT molecular complexity index is 599. The molecule has 0 aliphatic heterocycles. The van der Waals surface area contributed by atoms with Crippen LogP contribution in [-0.4, -0.2) is 38.5 Å². The molecule has 0 fully saturated rings. The van der Waals surface area contributed by atoms with Gasteiger partial charge in [-0.15, -0.1) is 0 Å². The third-order valence-electron chi connectivity index (χ3n) is 2.99. The second-order valence-corrected chi connectivity index (χ2v) is 7.97. The molecule has 2 amide bonds. The molecule has 124 valence electrons. The Morgan fingerprint density at radius 3 is 2.45 bits per heavy atom. The summed E-state index contributed by atoms with van der Waals surface area (Å²) in [6.07, 6.45) is 1.81. The fourth-order valence-corrected chi connectivity index (χ4v) is 2.96. The van der Waals surface area contributed by atoms with E-state index in [0.717, 1.165) is 6.26 Å². The lowest BCUT2D eigenvalue weighted by atomic mass is 10.0. The number of rotatable bonds is 7. The molecule has 0 saturated carbocycles. The maximum atomic E-state index is 12.0. The van der Waals surface area contributed by atoms with Gasteiger partial charge >= 0.3 is 6.03 Å². The Morgan fingerprint density at radius 2 is 1.91 bits per heavy atom. The number of carbonyl (C=O) groups excluding carboxylic acids is 1. The summed E-state index contributed by atoms with van der Waals surface area (Å²) in [5.74, 6) is 0.203. The molecule has 6 nitrogen and oxygen atoms in total. The predicted molar refractivity (Wildman–Crippen MR) is 87.5 cm³/mol. The highest BCUT2D eigenvalue weighted by atomic mass is 32.2. The summed E-state index contributed by atoms with van der Waals surface area (Å²) < 4.78 is 22.8. The molecule has 0 heterocycles. The molecule has 0 saturated heterocycles. The van der Waals surface area contributed by atoms with Crippen molar-refractivity contribution in [2.45, 2.75) is 32.1 Å². The number of hydrogen-bond donors (Lipinski definition) is 3. The minimum atomic E-state index is -3.19. The van der Waals surface area contributed by atoms with E-state index in [4.69, 9.17) is 0 Å². The first-order valence-corrected chi connectivity index (χ1v) is 9.21. The van der Waals surface area contributed by atoms with E-state index in [1.807, 2.05) is 13.8 Å². The van der Waals surface area contributed by atoms with Crippen molar-refractivity contribution >= 4 is 21.6 Å². The van der Waals surface area contributed by atoms with Crippen LogP contribution in [0.2, 0.25) is 0 Å². The average Bonchev–Trinajstić information content (AvgIpc) is 2.38. The van der Waals surface area contributed by atoms with Crippen LogP contribution in [0.4, 0.5) is 10.5 Å². The van der Waals surface area contributed by atoms with Crippen LogP contribution in [0, 0.1) is 5.92 Å². The van der Waals surface area contributed by atoms with Gasteiger partial charge in [-0.25, -0.2) is 13.2 Å². The Morgan fingerprint density at radius 1 is 1.27 bits per heavy atom. The number of urea groups is 1. The Balaban J connectivity index is 2.76. The van der Waals surface area contributed by atoms with Gasteiger partial charge in [0.05, 0.1) is 18.4 Å². The molecule has 1 rings (SSSR count). The number of para-hydroxylation sites is 1. The van der Waals surface area contributed by atoms with Crippen LogP contribution in [-0.2, 0) is 15.6 Å². The summed E-state index contributed by atoms with van der Waals surface area (Å²) in [6, 6.07) is 5.96. The van der Waals surface area contributed by atoms with E-state index in [-0.39, 0.29) is 18.4 Å². The highest BCUT2D eigenvalue weighted by Gasteiger charge is 2.15. The Labute approximate surface area is 131 Å². The zero-order chi connectivity index (χ0) is 16.8. The Hall–Kier alpha value is -1.60. The third-order valence-corrected chi connectivity index (χ3v) is 3.83. The zero-order valence-electron chi connectivity index (χ0n) is 13.2. The fourth-order valence-electron chi connectivity index (χ4n) is 2.14. The highest BCUT2D eigenvalue weighted by molar-refractivity contribution is 7.89. The SMILES string of the molecule is CC(C)CC(CO)NC(=O)Nc1ccccc1CS(C)(=O)=O. The number of benzene rings is 1. The van der Waals surface area contributed by atoms with Crippen LogP contribution in [0.15, 0.2) is 24.3 Å². The van der Waals surface area contributed by atoms with Crippen LogP contribution in [0.5, 0.6) is 0 Å². The second kappa shape index (κ2) is 8.14. The molecule has 0 aliphatic carbocycles. The number of aliphatic hydroxyl groups excluding tert-OH is 1. The van der Waals surface area contributed by atoms with Gasteiger partial charge in [0.2, 0.25) is 0 Å². The van der Waals surface area contributed by atoms with Crippen LogP contribution in [0.3, 0.4) is 0 Å². The largest absolute Gasteiger partial charge is 0.394 e. The minimum absolute atomic E-state index is 0.140. The van der Waals surface area contributed by atoms with E-state index >= 15 is 0 Å². The summed E-state index contributed by atoms with van der Waals surface area (Å²) in [6.45, 7) is 3.86. The van der Waals surface area contributed by atoms with E-state index in [1.54, 1.807) is 24.3 Å². The summed E-state index contributed by atoms with van der Waals surface area (Å²) >= 11 is 0. The topological polar surface area (TPSA) is 95.5 Å². The molecule has 1 aromatic carbocycles. The zero-order valence-corrected chi connectivity index (χ0v) is 14.0. The van der Waals surface area contributed by atoms with Crippen LogP contribution in [0.1, 0.15) is 25.8 Å². The molecule has 0 aromatic heterocycles. The molecule has 7 heteroatoms. The van der Waals surface area contributed by atoms with Gasteiger partial charge in [0.1, 0.15) is 0 Å². The molecule has 0 radical (unpaired) electrons. The molecule has 0 bridgehead atoms. The lowest BCUT2D eigenvalue weighted by Gasteiger charge is -2.19. The number of carbonyl (C=O) groups is 1. The smallest absolute Gasteiger partial charge is 0.319 e. The number of amides is 2. The molecular weight excluding hydrogens is 304 g/mol. The minimum Gasteiger partial charge on any atom is -0.394 e. The third kappa shape index (κ3) is 6.91. The summed E-state index contributed by atoms with van der Waals surface area (Å²) in [5, 5.41) is 14.6.